The largest absolute Gasteiger partial charge is 0.395 e. The van der Waals surface area contributed by atoms with E-state index in [4.69, 9.17) is 5.11 Å². The van der Waals surface area contributed by atoms with Crippen LogP contribution in [0, 0.1) is 0 Å². The van der Waals surface area contributed by atoms with Gasteiger partial charge in [0, 0.05) is 12.1 Å². The van der Waals surface area contributed by atoms with Crippen LogP contribution in [0.3, 0.4) is 0 Å². The molecule has 0 saturated heterocycles. The number of aliphatic hydroxyl groups is 1. The molecule has 3 N–H and O–H groups in total. The van der Waals surface area contributed by atoms with Crippen LogP contribution in [-0.4, -0.2) is 32.2 Å². The van der Waals surface area contributed by atoms with Crippen molar-refractivity contribution in [3.05, 3.63) is 0 Å². The van der Waals surface area contributed by atoms with Gasteiger partial charge in [0.15, 0.2) is 0 Å². The van der Waals surface area contributed by atoms with Gasteiger partial charge in [0.05, 0.1) is 6.61 Å². The van der Waals surface area contributed by atoms with Gasteiger partial charge in [-0.25, -0.2) is 0 Å². The van der Waals surface area contributed by atoms with Crippen LogP contribution in [0.25, 0.3) is 0 Å². The molecule has 1 atom stereocenters. The van der Waals surface area contributed by atoms with E-state index >= 15 is 0 Å². The van der Waals surface area contributed by atoms with Crippen molar-refractivity contribution in [2.24, 2.45) is 0 Å². The van der Waals surface area contributed by atoms with Gasteiger partial charge in [0.1, 0.15) is 0 Å². The third-order valence-corrected chi connectivity index (χ3v) is 2.52. The predicted molar refractivity (Wildman–Crippen MR) is 46.9 cm³/mol. The highest BCUT2D eigenvalue weighted by Gasteiger charge is 2.13. The van der Waals surface area contributed by atoms with Crippen LogP contribution in [0.2, 0.25) is 0 Å². The summed E-state index contributed by atoms with van der Waals surface area (Å²) in [5.41, 5.74) is 0. The second-order valence-electron chi connectivity index (χ2n) is 2.98. The second kappa shape index (κ2) is 4.76. The van der Waals surface area contributed by atoms with Crippen LogP contribution in [0.1, 0.15) is 20.8 Å². The van der Waals surface area contributed by atoms with Crippen molar-refractivity contribution in [3.63, 3.8) is 0 Å². The molecule has 0 rings (SSSR count). The summed E-state index contributed by atoms with van der Waals surface area (Å²) >= 11 is 0. The van der Waals surface area contributed by atoms with Crippen molar-refractivity contribution < 1.29 is 13.5 Å². The molecule has 0 aliphatic heterocycles. The lowest BCUT2D eigenvalue weighted by molar-refractivity contribution is 0.264. The average Bonchev–Trinajstić information content (AvgIpc) is 1.83. The highest BCUT2D eigenvalue weighted by Crippen LogP contribution is 1.87. The molecule has 0 heterocycles. The molecule has 0 aromatic rings. The van der Waals surface area contributed by atoms with Crippen molar-refractivity contribution in [1.82, 2.24) is 9.44 Å². The monoisotopic (exact) mass is 196 g/mol. The van der Waals surface area contributed by atoms with Crippen LogP contribution in [0.15, 0.2) is 0 Å². The van der Waals surface area contributed by atoms with E-state index in [9.17, 15) is 8.42 Å². The molecule has 0 fully saturated rings. The van der Waals surface area contributed by atoms with Crippen LogP contribution in [0.4, 0.5) is 0 Å². The van der Waals surface area contributed by atoms with Crippen LogP contribution >= 0.6 is 0 Å². The summed E-state index contributed by atoms with van der Waals surface area (Å²) in [7, 11) is -3.45. The van der Waals surface area contributed by atoms with E-state index < -0.39 is 16.3 Å². The van der Waals surface area contributed by atoms with E-state index in [-0.39, 0.29) is 12.6 Å². The molecular formula is C6H16N2O3S. The average molecular weight is 196 g/mol. The highest BCUT2D eigenvalue weighted by atomic mass is 32.2. The molecular weight excluding hydrogens is 180 g/mol. The zero-order valence-electron chi connectivity index (χ0n) is 7.53. The minimum absolute atomic E-state index is 0.145. The third-order valence-electron chi connectivity index (χ3n) is 1.02. The minimum atomic E-state index is -3.45. The summed E-state index contributed by atoms with van der Waals surface area (Å²) in [6, 6.07) is -0.602. The number of hydrogen-bond acceptors (Lipinski definition) is 3. The fourth-order valence-electron chi connectivity index (χ4n) is 0.646. The molecule has 0 radical (unpaired) electrons. The standard InChI is InChI=1S/C6H16N2O3S/c1-5(2)7-12(10,11)8-6(3)4-9/h5-9H,4H2,1-3H3/t6-/m1/s1. The lowest BCUT2D eigenvalue weighted by atomic mass is 10.4. The fraction of sp³-hybridized carbons (Fsp3) is 1.00. The molecule has 6 heteroatoms. The maximum atomic E-state index is 11.1. The lowest BCUT2D eigenvalue weighted by Crippen LogP contribution is -2.45. The molecule has 5 nitrogen and oxygen atoms in total. The number of rotatable bonds is 5. The van der Waals surface area contributed by atoms with Gasteiger partial charge < -0.3 is 5.11 Å². The zero-order chi connectivity index (χ0) is 9.78. The SMILES string of the molecule is CC(C)NS(=O)(=O)N[C@H](C)CO. The third kappa shape index (κ3) is 5.48. The van der Waals surface area contributed by atoms with Gasteiger partial charge in [-0.2, -0.15) is 17.9 Å². The normalized spacial score (nSPS) is 15.1. The summed E-state index contributed by atoms with van der Waals surface area (Å²) in [4.78, 5) is 0. The second-order valence-corrected chi connectivity index (χ2v) is 4.46. The van der Waals surface area contributed by atoms with Crippen LogP contribution in [-0.2, 0) is 10.2 Å². The first kappa shape index (κ1) is 11.8. The Morgan fingerprint density at radius 3 is 2.08 bits per heavy atom. The molecule has 0 aliphatic rings. The summed E-state index contributed by atoms with van der Waals surface area (Å²) in [5.74, 6) is 0. The first-order valence-corrected chi connectivity index (χ1v) is 5.26. The Hall–Kier alpha value is -0.170. The maximum absolute atomic E-state index is 11.1. The quantitative estimate of drug-likeness (QED) is 0.538. The summed E-state index contributed by atoms with van der Waals surface area (Å²) in [5, 5.41) is 8.58. The lowest BCUT2D eigenvalue weighted by Gasteiger charge is -2.13. The minimum Gasteiger partial charge on any atom is -0.395 e. The number of aliphatic hydroxyl groups excluding tert-OH is 1. The summed E-state index contributed by atoms with van der Waals surface area (Å²) < 4.78 is 26.7. The summed E-state index contributed by atoms with van der Waals surface area (Å²) in [6.07, 6.45) is 0. The van der Waals surface area contributed by atoms with E-state index in [1.54, 1.807) is 20.8 Å². The Balaban J connectivity index is 4.05. The van der Waals surface area contributed by atoms with Gasteiger partial charge in [0.2, 0.25) is 0 Å². The van der Waals surface area contributed by atoms with Gasteiger partial charge in [-0.3, -0.25) is 0 Å². The Bertz CT molecular complexity index is 213. The van der Waals surface area contributed by atoms with E-state index in [1.807, 2.05) is 0 Å². The Morgan fingerprint density at radius 2 is 1.75 bits per heavy atom. The van der Waals surface area contributed by atoms with Gasteiger partial charge in [0.25, 0.3) is 10.2 Å². The van der Waals surface area contributed by atoms with Crippen LogP contribution < -0.4 is 9.44 Å². The Morgan fingerprint density at radius 1 is 1.25 bits per heavy atom. The molecule has 0 saturated carbocycles. The molecule has 0 aromatic heterocycles. The van der Waals surface area contributed by atoms with E-state index in [0.717, 1.165) is 0 Å². The molecule has 0 bridgehead atoms. The Kier molecular flexibility index (Phi) is 4.69. The molecule has 74 valence electrons. The van der Waals surface area contributed by atoms with Crippen molar-refractivity contribution in [2.75, 3.05) is 6.61 Å². The van der Waals surface area contributed by atoms with E-state index in [2.05, 4.69) is 9.44 Å². The van der Waals surface area contributed by atoms with Crippen molar-refractivity contribution in [2.45, 2.75) is 32.9 Å². The predicted octanol–water partition coefficient (Wildman–Crippen LogP) is -0.800. The van der Waals surface area contributed by atoms with Gasteiger partial charge in [-0.05, 0) is 20.8 Å². The Labute approximate surface area is 73.4 Å². The van der Waals surface area contributed by atoms with Crippen molar-refractivity contribution in [1.29, 1.82) is 0 Å². The van der Waals surface area contributed by atoms with Crippen LogP contribution in [0.5, 0.6) is 0 Å². The first-order chi connectivity index (χ1) is 5.37. The topological polar surface area (TPSA) is 78.4 Å². The molecule has 12 heavy (non-hydrogen) atoms. The molecule has 0 amide bonds. The number of hydrogen-bond donors (Lipinski definition) is 3. The zero-order valence-corrected chi connectivity index (χ0v) is 8.35. The smallest absolute Gasteiger partial charge is 0.277 e. The van der Waals surface area contributed by atoms with Gasteiger partial charge in [-0.1, -0.05) is 0 Å². The van der Waals surface area contributed by atoms with Gasteiger partial charge in [-0.15, -0.1) is 0 Å². The highest BCUT2D eigenvalue weighted by molar-refractivity contribution is 7.87. The van der Waals surface area contributed by atoms with E-state index in [1.165, 1.54) is 0 Å². The summed E-state index contributed by atoms with van der Waals surface area (Å²) in [6.45, 7) is 4.82. The number of nitrogens with one attached hydrogen (secondary N) is 2. The van der Waals surface area contributed by atoms with Crippen molar-refractivity contribution >= 4 is 10.2 Å². The molecule has 0 aromatic carbocycles. The fourth-order valence-corrected chi connectivity index (χ4v) is 1.94. The molecule has 0 unspecified atom stereocenters. The van der Waals surface area contributed by atoms with Crippen molar-refractivity contribution in [3.8, 4) is 0 Å². The maximum Gasteiger partial charge on any atom is 0.277 e. The van der Waals surface area contributed by atoms with E-state index in [0.29, 0.717) is 0 Å². The first-order valence-electron chi connectivity index (χ1n) is 3.78. The molecule has 0 spiro atoms. The molecule has 0 aliphatic carbocycles. The van der Waals surface area contributed by atoms with Gasteiger partial charge >= 0.3 is 0 Å².